The maximum atomic E-state index is 12.3. The van der Waals surface area contributed by atoms with Crippen molar-refractivity contribution in [3.8, 4) is 0 Å². The molecule has 0 unspecified atom stereocenters. The first kappa shape index (κ1) is 15.8. The summed E-state index contributed by atoms with van der Waals surface area (Å²) in [6.45, 7) is 3.10. The largest absolute Gasteiger partial charge is 0.378 e. The van der Waals surface area contributed by atoms with Crippen molar-refractivity contribution in [1.29, 1.82) is 0 Å². The third-order valence-electron chi connectivity index (χ3n) is 3.67. The second-order valence-corrected chi connectivity index (χ2v) is 6.07. The minimum Gasteiger partial charge on any atom is -0.378 e. The molecule has 1 aromatic heterocycles. The van der Waals surface area contributed by atoms with Gasteiger partial charge >= 0.3 is 0 Å². The van der Waals surface area contributed by atoms with Crippen LogP contribution in [-0.4, -0.2) is 43.5 Å². The lowest BCUT2D eigenvalue weighted by Gasteiger charge is -2.27. The molecule has 0 spiro atoms. The first-order chi connectivity index (χ1) is 11.3. The summed E-state index contributed by atoms with van der Waals surface area (Å²) in [5.74, 6) is 0.735. The second-order valence-electron chi connectivity index (χ2n) is 5.19. The minimum atomic E-state index is -0.149. The Bertz CT molecular complexity index is 670. The van der Waals surface area contributed by atoms with Gasteiger partial charge in [-0.05, 0) is 36.6 Å². The SMILES string of the molecule is CSc1cccc(NC(=O)c2ccc(N3CCOCC3)nc2)c1. The number of thioether (sulfide) groups is 1. The van der Waals surface area contributed by atoms with Crippen molar-refractivity contribution >= 4 is 29.2 Å². The van der Waals surface area contributed by atoms with Crippen LogP contribution in [0.2, 0.25) is 0 Å². The number of morpholine rings is 1. The van der Waals surface area contributed by atoms with Crippen LogP contribution in [0.5, 0.6) is 0 Å². The molecule has 5 nitrogen and oxygen atoms in total. The number of ether oxygens (including phenoxy) is 1. The van der Waals surface area contributed by atoms with E-state index < -0.39 is 0 Å². The molecule has 0 bridgehead atoms. The second kappa shape index (κ2) is 7.48. The van der Waals surface area contributed by atoms with E-state index in [1.807, 2.05) is 42.7 Å². The molecule has 6 heteroatoms. The van der Waals surface area contributed by atoms with E-state index in [1.54, 1.807) is 18.0 Å². The highest BCUT2D eigenvalue weighted by molar-refractivity contribution is 7.98. The number of benzene rings is 1. The van der Waals surface area contributed by atoms with E-state index in [2.05, 4.69) is 15.2 Å². The van der Waals surface area contributed by atoms with Gasteiger partial charge in [-0.2, -0.15) is 0 Å². The zero-order valence-electron chi connectivity index (χ0n) is 13.0. The van der Waals surface area contributed by atoms with E-state index in [1.165, 1.54) is 0 Å². The van der Waals surface area contributed by atoms with E-state index >= 15 is 0 Å². The lowest BCUT2D eigenvalue weighted by atomic mass is 10.2. The van der Waals surface area contributed by atoms with Crippen molar-refractivity contribution < 1.29 is 9.53 Å². The van der Waals surface area contributed by atoms with Gasteiger partial charge in [0.2, 0.25) is 0 Å². The van der Waals surface area contributed by atoms with Gasteiger partial charge in [0.15, 0.2) is 0 Å². The van der Waals surface area contributed by atoms with Crippen LogP contribution < -0.4 is 10.2 Å². The van der Waals surface area contributed by atoms with Crippen molar-refractivity contribution in [2.24, 2.45) is 0 Å². The smallest absolute Gasteiger partial charge is 0.257 e. The van der Waals surface area contributed by atoms with Crippen molar-refractivity contribution in [1.82, 2.24) is 4.98 Å². The number of hydrogen-bond acceptors (Lipinski definition) is 5. The molecule has 1 saturated heterocycles. The fraction of sp³-hybridized carbons (Fsp3) is 0.294. The monoisotopic (exact) mass is 329 g/mol. The van der Waals surface area contributed by atoms with Crippen LogP contribution in [0.3, 0.4) is 0 Å². The molecule has 0 saturated carbocycles. The fourth-order valence-corrected chi connectivity index (χ4v) is 2.86. The molecule has 1 amide bonds. The standard InChI is InChI=1S/C17H19N3O2S/c1-23-15-4-2-3-14(11-15)19-17(21)13-5-6-16(18-12-13)20-7-9-22-10-8-20/h2-6,11-12H,7-10H2,1H3,(H,19,21). The maximum absolute atomic E-state index is 12.3. The summed E-state index contributed by atoms with van der Waals surface area (Å²) >= 11 is 1.64. The van der Waals surface area contributed by atoms with Crippen molar-refractivity contribution in [2.75, 3.05) is 42.8 Å². The molecule has 120 valence electrons. The Labute approximate surface area is 140 Å². The summed E-state index contributed by atoms with van der Waals surface area (Å²) in [7, 11) is 0. The number of nitrogens with zero attached hydrogens (tertiary/aromatic N) is 2. The maximum Gasteiger partial charge on any atom is 0.257 e. The number of carbonyl (C=O) groups is 1. The summed E-state index contributed by atoms with van der Waals surface area (Å²) in [4.78, 5) is 20.0. The average Bonchev–Trinajstić information content (AvgIpc) is 2.63. The summed E-state index contributed by atoms with van der Waals surface area (Å²) in [5, 5.41) is 2.91. The third-order valence-corrected chi connectivity index (χ3v) is 4.40. The number of carbonyl (C=O) groups excluding carboxylic acids is 1. The van der Waals surface area contributed by atoms with Crippen LogP contribution in [0.1, 0.15) is 10.4 Å². The number of rotatable bonds is 4. The van der Waals surface area contributed by atoms with Crippen LogP contribution in [-0.2, 0) is 4.74 Å². The van der Waals surface area contributed by atoms with E-state index in [0.717, 1.165) is 42.7 Å². The number of aromatic nitrogens is 1. The van der Waals surface area contributed by atoms with Gasteiger partial charge < -0.3 is 15.0 Å². The van der Waals surface area contributed by atoms with E-state index in [0.29, 0.717) is 5.56 Å². The van der Waals surface area contributed by atoms with Crippen molar-refractivity contribution in [3.05, 3.63) is 48.2 Å². The van der Waals surface area contributed by atoms with Gasteiger partial charge in [-0.15, -0.1) is 11.8 Å². The molecule has 1 N–H and O–H groups in total. The highest BCUT2D eigenvalue weighted by Gasteiger charge is 2.13. The number of hydrogen-bond donors (Lipinski definition) is 1. The van der Waals surface area contributed by atoms with Gasteiger partial charge in [0, 0.05) is 29.9 Å². The summed E-state index contributed by atoms with van der Waals surface area (Å²) in [6.07, 6.45) is 3.63. The summed E-state index contributed by atoms with van der Waals surface area (Å²) in [6, 6.07) is 11.5. The van der Waals surface area contributed by atoms with Gasteiger partial charge in [0.1, 0.15) is 5.82 Å². The first-order valence-corrected chi connectivity index (χ1v) is 8.73. The summed E-state index contributed by atoms with van der Waals surface area (Å²) in [5.41, 5.74) is 1.34. The topological polar surface area (TPSA) is 54.5 Å². The normalized spacial score (nSPS) is 14.6. The fourth-order valence-electron chi connectivity index (χ4n) is 2.40. The molecule has 2 aromatic rings. The lowest BCUT2D eigenvalue weighted by molar-refractivity contribution is 0.102. The van der Waals surface area contributed by atoms with Gasteiger partial charge in [-0.25, -0.2) is 4.98 Å². The number of anilines is 2. The quantitative estimate of drug-likeness (QED) is 0.874. The average molecular weight is 329 g/mol. The van der Waals surface area contributed by atoms with Crippen LogP contribution in [0.15, 0.2) is 47.5 Å². The zero-order chi connectivity index (χ0) is 16.1. The van der Waals surface area contributed by atoms with E-state index in [-0.39, 0.29) is 5.91 Å². The molecule has 3 rings (SSSR count). The Balaban J connectivity index is 1.67. The van der Waals surface area contributed by atoms with E-state index in [4.69, 9.17) is 4.74 Å². The lowest BCUT2D eigenvalue weighted by Crippen LogP contribution is -2.36. The Hall–Kier alpha value is -2.05. The van der Waals surface area contributed by atoms with Crippen LogP contribution >= 0.6 is 11.8 Å². The highest BCUT2D eigenvalue weighted by atomic mass is 32.2. The van der Waals surface area contributed by atoms with Crippen LogP contribution in [0.4, 0.5) is 11.5 Å². The summed E-state index contributed by atoms with van der Waals surface area (Å²) < 4.78 is 5.33. The van der Waals surface area contributed by atoms with Gasteiger partial charge in [0.05, 0.1) is 18.8 Å². The Morgan fingerprint density at radius 3 is 2.78 bits per heavy atom. The van der Waals surface area contributed by atoms with Crippen LogP contribution in [0, 0.1) is 0 Å². The van der Waals surface area contributed by atoms with E-state index in [9.17, 15) is 4.79 Å². The molecule has 1 aliphatic rings. The number of nitrogens with one attached hydrogen (secondary N) is 1. The molecule has 1 fully saturated rings. The van der Waals surface area contributed by atoms with Gasteiger partial charge in [-0.1, -0.05) is 6.07 Å². The highest BCUT2D eigenvalue weighted by Crippen LogP contribution is 2.20. The molecular formula is C17H19N3O2S. The van der Waals surface area contributed by atoms with Crippen molar-refractivity contribution in [3.63, 3.8) is 0 Å². The molecule has 0 radical (unpaired) electrons. The zero-order valence-corrected chi connectivity index (χ0v) is 13.8. The molecule has 1 aliphatic heterocycles. The third kappa shape index (κ3) is 4.03. The first-order valence-electron chi connectivity index (χ1n) is 7.50. The molecule has 0 atom stereocenters. The Morgan fingerprint density at radius 2 is 2.09 bits per heavy atom. The predicted molar refractivity (Wildman–Crippen MR) is 93.4 cm³/mol. The predicted octanol–water partition coefficient (Wildman–Crippen LogP) is 2.89. The number of pyridine rings is 1. The van der Waals surface area contributed by atoms with Crippen LogP contribution in [0.25, 0.3) is 0 Å². The van der Waals surface area contributed by atoms with Gasteiger partial charge in [-0.3, -0.25) is 4.79 Å². The molecule has 2 heterocycles. The Morgan fingerprint density at radius 1 is 1.26 bits per heavy atom. The molecule has 23 heavy (non-hydrogen) atoms. The molecular weight excluding hydrogens is 310 g/mol. The minimum absolute atomic E-state index is 0.149. The Kier molecular flexibility index (Phi) is 5.15. The van der Waals surface area contributed by atoms with Gasteiger partial charge in [0.25, 0.3) is 5.91 Å². The van der Waals surface area contributed by atoms with Crippen molar-refractivity contribution in [2.45, 2.75) is 4.90 Å². The number of amides is 1. The molecule has 0 aliphatic carbocycles. The molecule has 1 aromatic carbocycles.